The smallest absolute Gasteiger partial charge is 0.256 e. The van der Waals surface area contributed by atoms with Crippen molar-refractivity contribution in [2.24, 2.45) is 0 Å². The van der Waals surface area contributed by atoms with Gasteiger partial charge in [-0.05, 0) is 57.2 Å². The highest BCUT2D eigenvalue weighted by Gasteiger charge is 2.19. The summed E-state index contributed by atoms with van der Waals surface area (Å²) >= 11 is 1.61. The number of pyridine rings is 1. The maximum Gasteiger partial charge on any atom is 0.256 e. The van der Waals surface area contributed by atoms with Gasteiger partial charge in [0, 0.05) is 16.6 Å². The van der Waals surface area contributed by atoms with Crippen LogP contribution in [0.4, 0.5) is 11.4 Å². The zero-order valence-electron chi connectivity index (χ0n) is 18.1. The number of nitrogens with one attached hydrogen (secondary N) is 2. The summed E-state index contributed by atoms with van der Waals surface area (Å²) in [5.74, 6) is -0.327. The van der Waals surface area contributed by atoms with Crippen LogP contribution in [0.3, 0.4) is 0 Å². The molecule has 0 unspecified atom stereocenters. The Morgan fingerprint density at radius 1 is 1.12 bits per heavy atom. The van der Waals surface area contributed by atoms with E-state index in [1.165, 1.54) is 0 Å². The van der Waals surface area contributed by atoms with Crippen LogP contribution in [-0.4, -0.2) is 35.3 Å². The first-order chi connectivity index (χ1) is 15.1. The number of aromatic nitrogens is 3. The van der Waals surface area contributed by atoms with Gasteiger partial charge in [-0.25, -0.2) is 18.1 Å². The minimum atomic E-state index is -3.42. The van der Waals surface area contributed by atoms with Gasteiger partial charge in [0.1, 0.15) is 0 Å². The van der Waals surface area contributed by atoms with Crippen LogP contribution in [0.15, 0.2) is 48.7 Å². The van der Waals surface area contributed by atoms with E-state index in [-0.39, 0.29) is 11.9 Å². The van der Waals surface area contributed by atoms with Crippen molar-refractivity contribution in [2.75, 3.05) is 16.3 Å². The number of hydrogen-bond donors (Lipinski definition) is 2. The number of hydrogen-bond acceptors (Lipinski definition) is 6. The summed E-state index contributed by atoms with van der Waals surface area (Å²) in [5.41, 5.74) is 2.63. The lowest BCUT2D eigenvalue weighted by Gasteiger charge is -2.11. The molecule has 166 valence electrons. The van der Waals surface area contributed by atoms with E-state index in [0.717, 1.165) is 16.0 Å². The number of sulfonamides is 1. The lowest BCUT2D eigenvalue weighted by Crippen LogP contribution is -2.14. The van der Waals surface area contributed by atoms with Crippen LogP contribution < -0.4 is 10.0 Å². The fraction of sp³-hybridized carbons (Fsp3) is 0.227. The van der Waals surface area contributed by atoms with Gasteiger partial charge < -0.3 is 5.32 Å². The van der Waals surface area contributed by atoms with Gasteiger partial charge in [-0.3, -0.25) is 9.52 Å². The molecule has 2 N–H and O–H groups in total. The lowest BCUT2D eigenvalue weighted by molar-refractivity contribution is 0.102. The lowest BCUT2D eigenvalue weighted by atomic mass is 10.1. The monoisotopic (exact) mass is 469 g/mol. The fourth-order valence-corrected chi connectivity index (χ4v) is 4.74. The molecule has 8 nitrogen and oxygen atoms in total. The zero-order valence-corrected chi connectivity index (χ0v) is 19.7. The van der Waals surface area contributed by atoms with Gasteiger partial charge in [-0.15, -0.1) is 11.3 Å². The van der Waals surface area contributed by atoms with Crippen molar-refractivity contribution < 1.29 is 13.2 Å². The number of benzene rings is 1. The molecule has 0 bridgehead atoms. The molecule has 4 aromatic rings. The molecule has 3 aromatic heterocycles. The largest absolute Gasteiger partial charge is 0.322 e. The van der Waals surface area contributed by atoms with Crippen LogP contribution in [0.1, 0.15) is 35.1 Å². The Kier molecular flexibility index (Phi) is 5.74. The fourth-order valence-electron chi connectivity index (χ4n) is 3.36. The number of fused-ring (bicyclic) bond motifs is 1. The average Bonchev–Trinajstić information content (AvgIpc) is 3.32. The number of rotatable bonds is 6. The van der Waals surface area contributed by atoms with Gasteiger partial charge >= 0.3 is 0 Å². The molecule has 10 heteroatoms. The molecule has 1 aromatic carbocycles. The maximum absolute atomic E-state index is 13.3. The SMILES string of the molecule is Cc1ccc(-c2cc(C(=O)Nc3cccc(NS(C)(=O)=O)c3)c3cnn(C(C)C)c3n2)s1. The molecular formula is C22H23N5O3S2. The van der Waals surface area contributed by atoms with Crippen molar-refractivity contribution in [3.05, 3.63) is 59.1 Å². The second-order valence-electron chi connectivity index (χ2n) is 7.79. The molecule has 0 fully saturated rings. The van der Waals surface area contributed by atoms with E-state index < -0.39 is 10.0 Å². The summed E-state index contributed by atoms with van der Waals surface area (Å²) in [6.07, 6.45) is 2.73. The predicted octanol–water partition coefficient (Wildman–Crippen LogP) is 4.67. The Labute approximate surface area is 190 Å². The number of aryl methyl sites for hydroxylation is 1. The minimum absolute atomic E-state index is 0.0787. The third-order valence-electron chi connectivity index (χ3n) is 4.72. The van der Waals surface area contributed by atoms with E-state index in [2.05, 4.69) is 15.1 Å². The van der Waals surface area contributed by atoms with E-state index in [4.69, 9.17) is 4.98 Å². The Hall–Kier alpha value is -3.24. The first kappa shape index (κ1) is 22.0. The van der Waals surface area contributed by atoms with E-state index in [1.54, 1.807) is 52.5 Å². The summed E-state index contributed by atoms with van der Waals surface area (Å²) < 4.78 is 27.2. The number of carbonyl (C=O) groups is 1. The molecule has 0 spiro atoms. The normalized spacial score (nSPS) is 11.8. The number of carbonyl (C=O) groups excluding carboxylic acids is 1. The van der Waals surface area contributed by atoms with Crippen LogP contribution in [0, 0.1) is 6.92 Å². The first-order valence-electron chi connectivity index (χ1n) is 9.95. The van der Waals surface area contributed by atoms with E-state index >= 15 is 0 Å². The molecule has 0 aliphatic carbocycles. The zero-order chi connectivity index (χ0) is 23.0. The first-order valence-corrected chi connectivity index (χ1v) is 12.7. The second-order valence-corrected chi connectivity index (χ2v) is 10.8. The number of nitrogens with zero attached hydrogens (tertiary/aromatic N) is 3. The van der Waals surface area contributed by atoms with Crippen molar-refractivity contribution in [3.63, 3.8) is 0 Å². The average molecular weight is 470 g/mol. The van der Waals surface area contributed by atoms with Crippen molar-refractivity contribution in [1.82, 2.24) is 14.8 Å². The highest BCUT2D eigenvalue weighted by Crippen LogP contribution is 2.31. The molecular weight excluding hydrogens is 446 g/mol. The van der Waals surface area contributed by atoms with Crippen LogP contribution in [0.2, 0.25) is 0 Å². The van der Waals surface area contributed by atoms with Crippen molar-refractivity contribution in [1.29, 1.82) is 0 Å². The van der Waals surface area contributed by atoms with E-state index in [0.29, 0.717) is 33.7 Å². The van der Waals surface area contributed by atoms with Gasteiger partial charge in [0.25, 0.3) is 5.91 Å². The number of thiophene rings is 1. The molecule has 0 saturated carbocycles. The topological polar surface area (TPSA) is 106 Å². The molecule has 4 rings (SSSR count). The Balaban J connectivity index is 1.76. The van der Waals surface area contributed by atoms with Crippen LogP contribution in [-0.2, 0) is 10.0 Å². The molecule has 1 amide bonds. The predicted molar refractivity (Wildman–Crippen MR) is 129 cm³/mol. The van der Waals surface area contributed by atoms with Crippen LogP contribution in [0.5, 0.6) is 0 Å². The summed E-state index contributed by atoms with van der Waals surface area (Å²) in [5, 5.41) is 7.96. The molecule has 0 atom stereocenters. The van der Waals surface area contributed by atoms with Crippen LogP contribution >= 0.6 is 11.3 Å². The Bertz CT molecular complexity index is 1420. The van der Waals surface area contributed by atoms with Crippen LogP contribution in [0.25, 0.3) is 21.6 Å². The van der Waals surface area contributed by atoms with Gasteiger partial charge in [0.2, 0.25) is 10.0 Å². The molecule has 0 saturated heterocycles. The Morgan fingerprint density at radius 3 is 2.53 bits per heavy atom. The molecule has 0 aliphatic rings. The molecule has 3 heterocycles. The van der Waals surface area contributed by atoms with Gasteiger partial charge in [-0.1, -0.05) is 6.07 Å². The van der Waals surface area contributed by atoms with Gasteiger partial charge in [-0.2, -0.15) is 5.10 Å². The summed E-state index contributed by atoms with van der Waals surface area (Å²) in [6, 6.07) is 12.4. The third-order valence-corrected chi connectivity index (χ3v) is 6.35. The summed E-state index contributed by atoms with van der Waals surface area (Å²) in [6.45, 7) is 6.04. The highest BCUT2D eigenvalue weighted by molar-refractivity contribution is 7.92. The summed E-state index contributed by atoms with van der Waals surface area (Å²) in [7, 11) is -3.42. The number of anilines is 2. The minimum Gasteiger partial charge on any atom is -0.322 e. The van der Waals surface area contributed by atoms with Gasteiger partial charge in [0.05, 0.1) is 39.7 Å². The quantitative estimate of drug-likeness (QED) is 0.427. The third kappa shape index (κ3) is 4.66. The van der Waals surface area contributed by atoms with Gasteiger partial charge in [0.15, 0.2) is 5.65 Å². The van der Waals surface area contributed by atoms with Crippen molar-refractivity contribution in [3.8, 4) is 10.6 Å². The molecule has 0 radical (unpaired) electrons. The van der Waals surface area contributed by atoms with E-state index in [9.17, 15) is 13.2 Å². The summed E-state index contributed by atoms with van der Waals surface area (Å²) in [4.78, 5) is 20.2. The Morgan fingerprint density at radius 2 is 1.88 bits per heavy atom. The highest BCUT2D eigenvalue weighted by atomic mass is 32.2. The molecule has 32 heavy (non-hydrogen) atoms. The maximum atomic E-state index is 13.3. The molecule has 0 aliphatic heterocycles. The number of amides is 1. The van der Waals surface area contributed by atoms with E-state index in [1.807, 2.05) is 32.9 Å². The van der Waals surface area contributed by atoms with Crippen molar-refractivity contribution in [2.45, 2.75) is 26.8 Å². The standard InChI is InChI=1S/C22H23N5O3S2/c1-13(2)27-21-18(12-23-27)17(11-19(25-21)20-9-8-14(3)31-20)22(28)24-15-6-5-7-16(10-15)26-32(4,29)30/h5-13,26H,1-4H3,(H,24,28). The second kappa shape index (κ2) is 8.36. The van der Waals surface area contributed by atoms with Crippen molar-refractivity contribution >= 4 is 49.7 Å².